The van der Waals surface area contributed by atoms with Gasteiger partial charge in [0, 0.05) is 6.04 Å². The average Bonchev–Trinajstić information content (AvgIpc) is 2.64. The van der Waals surface area contributed by atoms with E-state index in [-0.39, 0.29) is 0 Å². The van der Waals surface area contributed by atoms with E-state index in [1.807, 2.05) is 45.1 Å². The molecule has 4 nitrogen and oxygen atoms in total. The zero-order chi connectivity index (χ0) is 17.9. The summed E-state index contributed by atoms with van der Waals surface area (Å²) in [5.41, 5.74) is 7.82. The van der Waals surface area contributed by atoms with Crippen LogP contribution in [0.2, 0.25) is 0 Å². The molecule has 0 unspecified atom stereocenters. The van der Waals surface area contributed by atoms with Crippen LogP contribution in [0, 0.1) is 5.41 Å². The molecule has 4 heteroatoms. The predicted octanol–water partition coefficient (Wildman–Crippen LogP) is 4.66. The van der Waals surface area contributed by atoms with Gasteiger partial charge < -0.3 is 21.2 Å². The monoisotopic (exact) mass is 321 g/mol. The van der Waals surface area contributed by atoms with Crippen molar-refractivity contribution in [3.8, 4) is 0 Å². The van der Waals surface area contributed by atoms with E-state index in [9.17, 15) is 0 Å². The lowest BCUT2D eigenvalue weighted by molar-refractivity contribution is 0.291. The Hall–Kier alpha value is -1.97. The van der Waals surface area contributed by atoms with E-state index in [0.29, 0.717) is 12.6 Å². The highest BCUT2D eigenvalue weighted by Gasteiger charge is 2.14. The van der Waals surface area contributed by atoms with Gasteiger partial charge in [-0.15, -0.1) is 0 Å². The highest BCUT2D eigenvalue weighted by molar-refractivity contribution is 5.30. The van der Waals surface area contributed by atoms with E-state index < -0.39 is 0 Å². The maximum atomic E-state index is 6.02. The quantitative estimate of drug-likeness (QED) is 0.276. The van der Waals surface area contributed by atoms with Gasteiger partial charge in [-0.05, 0) is 38.6 Å². The van der Waals surface area contributed by atoms with E-state index in [0.717, 1.165) is 11.4 Å². The Balaban J connectivity index is 0. The summed E-state index contributed by atoms with van der Waals surface area (Å²) >= 11 is 0. The molecule has 1 saturated carbocycles. The Morgan fingerprint density at radius 2 is 1.87 bits per heavy atom. The number of hydrogen-bond acceptors (Lipinski definition) is 4. The third-order valence-electron chi connectivity index (χ3n) is 3.30. The van der Waals surface area contributed by atoms with Crippen molar-refractivity contribution < 1.29 is 4.74 Å². The number of nitrogens with two attached hydrogens (primary N) is 1. The molecule has 0 heterocycles. The Labute approximate surface area is 142 Å². The van der Waals surface area contributed by atoms with Gasteiger partial charge in [-0.1, -0.05) is 51.8 Å². The number of nitrogens with one attached hydrogen (secondary N) is 2. The average molecular weight is 322 g/mol. The molecule has 0 saturated heterocycles. The molecular formula is C19H35N3O. The molecule has 0 atom stereocenters. The lowest BCUT2D eigenvalue weighted by Gasteiger charge is -2.25. The van der Waals surface area contributed by atoms with Crippen LogP contribution in [0.4, 0.5) is 0 Å². The molecule has 1 aliphatic carbocycles. The molecule has 0 aromatic heterocycles. The van der Waals surface area contributed by atoms with Crippen molar-refractivity contribution in [3.05, 3.63) is 48.5 Å². The maximum absolute atomic E-state index is 6.02. The number of hydrogen-bond donors (Lipinski definition) is 3. The molecule has 0 amide bonds. The highest BCUT2D eigenvalue weighted by atomic mass is 16.5. The minimum atomic E-state index is 0.534. The number of ether oxygens (including phenoxy) is 1. The lowest BCUT2D eigenvalue weighted by Crippen LogP contribution is -2.32. The summed E-state index contributed by atoms with van der Waals surface area (Å²) in [6.07, 6.45) is 15.7. The van der Waals surface area contributed by atoms with Crippen LogP contribution in [-0.2, 0) is 4.74 Å². The first-order chi connectivity index (χ1) is 11.3. The molecule has 4 N–H and O–H groups in total. The van der Waals surface area contributed by atoms with Crippen molar-refractivity contribution in [2.75, 3.05) is 6.61 Å². The zero-order valence-electron chi connectivity index (χ0n) is 15.1. The Morgan fingerprint density at radius 1 is 1.26 bits per heavy atom. The third-order valence-corrected chi connectivity index (χ3v) is 3.30. The van der Waals surface area contributed by atoms with E-state index >= 15 is 0 Å². The van der Waals surface area contributed by atoms with Crippen LogP contribution in [0.25, 0.3) is 0 Å². The van der Waals surface area contributed by atoms with E-state index in [1.54, 1.807) is 0 Å². The molecule has 0 aromatic carbocycles. The van der Waals surface area contributed by atoms with Crippen LogP contribution in [-0.4, -0.2) is 19.4 Å². The first kappa shape index (κ1) is 23.3. The minimum Gasteiger partial charge on any atom is -0.498 e. The van der Waals surface area contributed by atoms with Gasteiger partial charge in [-0.2, -0.15) is 0 Å². The van der Waals surface area contributed by atoms with Crippen molar-refractivity contribution >= 4 is 6.72 Å². The summed E-state index contributed by atoms with van der Waals surface area (Å²) in [4.78, 5) is 0. The van der Waals surface area contributed by atoms with Gasteiger partial charge in [0.2, 0.25) is 0 Å². The summed E-state index contributed by atoms with van der Waals surface area (Å²) in [7, 11) is 0. The van der Waals surface area contributed by atoms with Crippen LogP contribution in [0.5, 0.6) is 0 Å². The first-order valence-corrected chi connectivity index (χ1v) is 8.41. The zero-order valence-corrected chi connectivity index (χ0v) is 15.1. The minimum absolute atomic E-state index is 0.534. The van der Waals surface area contributed by atoms with Gasteiger partial charge in [0.05, 0.1) is 17.7 Å². The van der Waals surface area contributed by atoms with Crippen molar-refractivity contribution in [3.63, 3.8) is 0 Å². The Morgan fingerprint density at radius 3 is 2.39 bits per heavy atom. The summed E-state index contributed by atoms with van der Waals surface area (Å²) in [6, 6.07) is 0.552. The molecule has 0 spiro atoms. The van der Waals surface area contributed by atoms with Gasteiger partial charge in [-0.3, -0.25) is 0 Å². The van der Waals surface area contributed by atoms with E-state index in [4.69, 9.17) is 15.9 Å². The second kappa shape index (κ2) is 18.1. The molecular weight excluding hydrogens is 286 g/mol. The molecule has 1 fully saturated rings. The fraction of sp³-hybridized carbons (Fsp3) is 0.526. The van der Waals surface area contributed by atoms with Crippen LogP contribution in [0.1, 0.15) is 52.9 Å². The predicted molar refractivity (Wildman–Crippen MR) is 103 cm³/mol. The van der Waals surface area contributed by atoms with Gasteiger partial charge in [0.25, 0.3) is 0 Å². The summed E-state index contributed by atoms with van der Waals surface area (Å²) < 4.78 is 5.03. The fourth-order valence-electron chi connectivity index (χ4n) is 2.19. The van der Waals surface area contributed by atoms with Gasteiger partial charge in [0.15, 0.2) is 0 Å². The van der Waals surface area contributed by atoms with E-state index in [2.05, 4.69) is 18.6 Å². The molecule has 23 heavy (non-hydrogen) atoms. The van der Waals surface area contributed by atoms with Crippen LogP contribution >= 0.6 is 0 Å². The summed E-state index contributed by atoms with van der Waals surface area (Å²) in [5, 5.41) is 9.05. The Bertz CT molecular complexity index is 367. The van der Waals surface area contributed by atoms with Gasteiger partial charge >= 0.3 is 0 Å². The second-order valence-corrected chi connectivity index (χ2v) is 4.73. The largest absolute Gasteiger partial charge is 0.498 e. The number of allylic oxidation sites excluding steroid dienone is 3. The SMILES string of the molecule is C=COC/C=C/C=C(/NC1CCCCC1)C(N)=CC.C=N.CC. The fourth-order valence-corrected chi connectivity index (χ4v) is 2.19. The second-order valence-electron chi connectivity index (χ2n) is 4.73. The standard InChI is InChI=1S/C16H26N2O.C2H6.CH3N/c1-3-15(17)16(12-8-9-13-19-4-2)18-14-10-6-5-7-11-14;2*1-2/h3-4,8-9,12,14,18H,2,5-7,10-11,13,17H2,1H3;1-2H3;2H,1H2/b9-8+,15-3?,16-12+;;. The molecule has 0 bridgehead atoms. The normalized spacial score (nSPS) is 15.8. The molecule has 0 radical (unpaired) electrons. The third kappa shape index (κ3) is 12.3. The summed E-state index contributed by atoms with van der Waals surface area (Å²) in [6.45, 7) is 12.5. The Kier molecular flexibility index (Phi) is 18.3. The smallest absolute Gasteiger partial charge is 0.106 e. The lowest BCUT2D eigenvalue weighted by atomic mass is 9.95. The maximum Gasteiger partial charge on any atom is 0.106 e. The topological polar surface area (TPSA) is 71.1 Å². The van der Waals surface area contributed by atoms with Gasteiger partial charge in [-0.25, -0.2) is 0 Å². The first-order valence-electron chi connectivity index (χ1n) is 8.41. The van der Waals surface area contributed by atoms with Gasteiger partial charge in [0.1, 0.15) is 6.61 Å². The molecule has 1 rings (SSSR count). The van der Waals surface area contributed by atoms with Crippen molar-refractivity contribution in [1.82, 2.24) is 5.32 Å². The van der Waals surface area contributed by atoms with Crippen molar-refractivity contribution in [1.29, 1.82) is 5.41 Å². The number of rotatable bonds is 7. The van der Waals surface area contributed by atoms with Crippen LogP contribution in [0.3, 0.4) is 0 Å². The molecule has 0 aliphatic heterocycles. The highest BCUT2D eigenvalue weighted by Crippen LogP contribution is 2.19. The van der Waals surface area contributed by atoms with Crippen LogP contribution in [0.15, 0.2) is 48.5 Å². The van der Waals surface area contributed by atoms with Crippen molar-refractivity contribution in [2.24, 2.45) is 5.73 Å². The molecule has 1 aliphatic rings. The summed E-state index contributed by atoms with van der Waals surface area (Å²) in [5.74, 6) is 0. The van der Waals surface area contributed by atoms with Crippen LogP contribution < -0.4 is 11.1 Å². The van der Waals surface area contributed by atoms with Crippen molar-refractivity contribution in [2.45, 2.75) is 58.9 Å². The molecule has 0 aromatic rings. The molecule has 132 valence electrons. The van der Waals surface area contributed by atoms with E-state index in [1.165, 1.54) is 38.4 Å².